The first-order valence-corrected chi connectivity index (χ1v) is 9.09. The maximum atomic E-state index is 4.82. The van der Waals surface area contributed by atoms with E-state index in [1.165, 1.54) is 69.3 Å². The van der Waals surface area contributed by atoms with E-state index in [1.54, 1.807) is 0 Å². The molecule has 0 bridgehead atoms. The van der Waals surface area contributed by atoms with E-state index in [4.69, 9.17) is 4.98 Å². The van der Waals surface area contributed by atoms with Gasteiger partial charge >= 0.3 is 0 Å². The standard InChI is InChI=1S/C19H36N2/c1-6-7-8-9-10-11-12-13-14-17(4)19-20-18(16(2)3)15-21(19)5/h15-17H,6-14H2,1-5H3. The zero-order valence-corrected chi connectivity index (χ0v) is 15.0. The van der Waals surface area contributed by atoms with Gasteiger partial charge in [-0.05, 0) is 12.3 Å². The summed E-state index contributed by atoms with van der Waals surface area (Å²) in [5.74, 6) is 2.38. The Kier molecular flexibility index (Phi) is 8.72. The van der Waals surface area contributed by atoms with Crippen molar-refractivity contribution in [2.75, 3.05) is 0 Å². The molecule has 0 aliphatic rings. The topological polar surface area (TPSA) is 17.8 Å². The van der Waals surface area contributed by atoms with E-state index < -0.39 is 0 Å². The molecule has 0 fully saturated rings. The summed E-state index contributed by atoms with van der Waals surface area (Å²) in [5.41, 5.74) is 1.23. The normalized spacial score (nSPS) is 13.0. The van der Waals surface area contributed by atoms with Crippen LogP contribution in [0, 0.1) is 0 Å². The van der Waals surface area contributed by atoms with Crippen molar-refractivity contribution in [1.82, 2.24) is 9.55 Å². The molecular formula is C19H36N2. The molecule has 0 aliphatic carbocycles. The van der Waals surface area contributed by atoms with Gasteiger partial charge in [0, 0.05) is 19.2 Å². The van der Waals surface area contributed by atoms with Gasteiger partial charge in [-0.1, -0.05) is 79.1 Å². The van der Waals surface area contributed by atoms with E-state index >= 15 is 0 Å². The van der Waals surface area contributed by atoms with Crippen LogP contribution in [0.4, 0.5) is 0 Å². The Balaban J connectivity index is 2.20. The molecule has 0 aromatic carbocycles. The van der Waals surface area contributed by atoms with Gasteiger partial charge in [-0.25, -0.2) is 4.98 Å². The van der Waals surface area contributed by atoms with Crippen molar-refractivity contribution in [3.63, 3.8) is 0 Å². The average molecular weight is 293 g/mol. The number of unbranched alkanes of at least 4 members (excludes halogenated alkanes) is 7. The van der Waals surface area contributed by atoms with Gasteiger partial charge in [0.05, 0.1) is 5.69 Å². The van der Waals surface area contributed by atoms with Gasteiger partial charge in [0.25, 0.3) is 0 Å². The molecule has 0 saturated carbocycles. The number of rotatable bonds is 11. The van der Waals surface area contributed by atoms with Crippen LogP contribution in [0.1, 0.15) is 109 Å². The Morgan fingerprint density at radius 2 is 1.52 bits per heavy atom. The maximum Gasteiger partial charge on any atom is 0.111 e. The van der Waals surface area contributed by atoms with E-state index in [2.05, 4.69) is 45.5 Å². The molecule has 0 N–H and O–H groups in total. The van der Waals surface area contributed by atoms with Gasteiger partial charge < -0.3 is 4.57 Å². The summed E-state index contributed by atoms with van der Waals surface area (Å²) in [5, 5.41) is 0. The van der Waals surface area contributed by atoms with Gasteiger partial charge in [0.1, 0.15) is 5.82 Å². The highest BCUT2D eigenvalue weighted by Gasteiger charge is 2.14. The fraction of sp³-hybridized carbons (Fsp3) is 0.842. The van der Waals surface area contributed by atoms with E-state index in [1.807, 2.05) is 0 Å². The third-order valence-corrected chi connectivity index (χ3v) is 4.45. The fourth-order valence-electron chi connectivity index (χ4n) is 2.95. The highest BCUT2D eigenvalue weighted by molar-refractivity contribution is 5.10. The van der Waals surface area contributed by atoms with Crippen LogP contribution < -0.4 is 0 Å². The van der Waals surface area contributed by atoms with Crippen LogP contribution >= 0.6 is 0 Å². The Morgan fingerprint density at radius 1 is 0.952 bits per heavy atom. The largest absolute Gasteiger partial charge is 0.337 e. The first kappa shape index (κ1) is 18.3. The van der Waals surface area contributed by atoms with Crippen LogP contribution in [0.3, 0.4) is 0 Å². The lowest BCUT2D eigenvalue weighted by Gasteiger charge is -2.11. The van der Waals surface area contributed by atoms with E-state index in [0.29, 0.717) is 11.8 Å². The second kappa shape index (κ2) is 10.0. The molecule has 1 unspecified atom stereocenters. The monoisotopic (exact) mass is 292 g/mol. The lowest BCUT2D eigenvalue weighted by Crippen LogP contribution is -2.02. The quantitative estimate of drug-likeness (QED) is 0.445. The number of aryl methyl sites for hydroxylation is 1. The van der Waals surface area contributed by atoms with Gasteiger partial charge in [-0.2, -0.15) is 0 Å². The third-order valence-electron chi connectivity index (χ3n) is 4.45. The summed E-state index contributed by atoms with van der Waals surface area (Å²) >= 11 is 0. The minimum absolute atomic E-state index is 0.528. The summed E-state index contributed by atoms with van der Waals surface area (Å²) in [7, 11) is 2.14. The van der Waals surface area contributed by atoms with Crippen LogP contribution in [0.15, 0.2) is 6.20 Å². The number of nitrogens with zero attached hydrogens (tertiary/aromatic N) is 2. The van der Waals surface area contributed by atoms with E-state index in [-0.39, 0.29) is 0 Å². The van der Waals surface area contributed by atoms with Crippen molar-refractivity contribution in [2.45, 2.75) is 97.3 Å². The van der Waals surface area contributed by atoms with Crippen molar-refractivity contribution in [2.24, 2.45) is 7.05 Å². The molecule has 2 heteroatoms. The van der Waals surface area contributed by atoms with Gasteiger partial charge in [-0.3, -0.25) is 0 Å². The summed E-state index contributed by atoms with van der Waals surface area (Å²) < 4.78 is 2.23. The molecular weight excluding hydrogens is 256 g/mol. The van der Waals surface area contributed by atoms with Gasteiger partial charge in [0.2, 0.25) is 0 Å². The van der Waals surface area contributed by atoms with Crippen molar-refractivity contribution >= 4 is 0 Å². The zero-order valence-electron chi connectivity index (χ0n) is 15.0. The molecule has 2 nitrogen and oxygen atoms in total. The molecule has 1 atom stereocenters. The molecule has 1 rings (SSSR count). The molecule has 21 heavy (non-hydrogen) atoms. The first-order valence-electron chi connectivity index (χ1n) is 9.09. The molecule has 1 heterocycles. The average Bonchev–Trinajstić information content (AvgIpc) is 2.84. The molecule has 0 amide bonds. The Bertz CT molecular complexity index is 379. The van der Waals surface area contributed by atoms with E-state index in [0.717, 1.165) is 0 Å². The number of imidazole rings is 1. The predicted molar refractivity (Wildman–Crippen MR) is 92.9 cm³/mol. The highest BCUT2D eigenvalue weighted by Crippen LogP contribution is 2.23. The first-order chi connectivity index (χ1) is 10.1. The second-order valence-electron chi connectivity index (χ2n) is 6.95. The van der Waals surface area contributed by atoms with E-state index in [9.17, 15) is 0 Å². The van der Waals surface area contributed by atoms with Crippen LogP contribution in [0.2, 0.25) is 0 Å². The summed E-state index contributed by atoms with van der Waals surface area (Å²) in [6, 6.07) is 0. The zero-order chi connectivity index (χ0) is 15.7. The van der Waals surface area contributed by atoms with Crippen LogP contribution in [0.5, 0.6) is 0 Å². The molecule has 122 valence electrons. The van der Waals surface area contributed by atoms with Crippen LogP contribution in [-0.4, -0.2) is 9.55 Å². The van der Waals surface area contributed by atoms with Crippen molar-refractivity contribution in [3.05, 3.63) is 17.7 Å². The molecule has 0 spiro atoms. The maximum absolute atomic E-state index is 4.82. The number of hydrogen-bond donors (Lipinski definition) is 0. The smallest absolute Gasteiger partial charge is 0.111 e. The molecule has 0 radical (unpaired) electrons. The summed E-state index contributed by atoms with van der Waals surface area (Å²) in [6.07, 6.45) is 14.7. The summed E-state index contributed by atoms with van der Waals surface area (Å²) in [6.45, 7) is 9.04. The molecule has 0 aliphatic heterocycles. The molecule has 0 saturated heterocycles. The second-order valence-corrected chi connectivity index (χ2v) is 6.95. The highest BCUT2D eigenvalue weighted by atomic mass is 15.1. The Hall–Kier alpha value is -0.790. The Morgan fingerprint density at radius 3 is 2.05 bits per heavy atom. The fourth-order valence-corrected chi connectivity index (χ4v) is 2.95. The van der Waals surface area contributed by atoms with Crippen LogP contribution in [-0.2, 0) is 7.05 Å². The Labute approximate surface area is 132 Å². The van der Waals surface area contributed by atoms with Gasteiger partial charge in [0.15, 0.2) is 0 Å². The minimum atomic E-state index is 0.528. The number of hydrogen-bond acceptors (Lipinski definition) is 1. The molecule has 1 aromatic rings. The lowest BCUT2D eigenvalue weighted by atomic mass is 10.0. The van der Waals surface area contributed by atoms with Crippen molar-refractivity contribution in [1.29, 1.82) is 0 Å². The van der Waals surface area contributed by atoms with Crippen molar-refractivity contribution < 1.29 is 0 Å². The lowest BCUT2D eigenvalue weighted by molar-refractivity contribution is 0.527. The van der Waals surface area contributed by atoms with Crippen molar-refractivity contribution in [3.8, 4) is 0 Å². The summed E-state index contributed by atoms with van der Waals surface area (Å²) in [4.78, 5) is 4.82. The predicted octanol–water partition coefficient (Wildman–Crippen LogP) is 6.18. The SMILES string of the molecule is CCCCCCCCCCC(C)c1nc(C(C)C)cn1C. The minimum Gasteiger partial charge on any atom is -0.337 e. The van der Waals surface area contributed by atoms with Gasteiger partial charge in [-0.15, -0.1) is 0 Å². The number of aromatic nitrogens is 2. The van der Waals surface area contributed by atoms with Crippen LogP contribution in [0.25, 0.3) is 0 Å². The third kappa shape index (κ3) is 6.67. The molecule has 1 aromatic heterocycles.